The standard InChI is InChI=1S/C28H14BrNO/c29-20-14-22-26(28-25(20)18-8-1-2-13-23(18)31-28)19-11-5-10-17-16-9-3-6-15-7-4-12-21(24(15)16)30(22)27(17)19/h1-14H. The summed E-state index contributed by atoms with van der Waals surface area (Å²) in [6, 6.07) is 30.4. The molecule has 31 heavy (non-hydrogen) atoms. The van der Waals surface area contributed by atoms with Crippen LogP contribution in [-0.4, -0.2) is 4.40 Å². The van der Waals surface area contributed by atoms with E-state index in [-0.39, 0.29) is 0 Å². The van der Waals surface area contributed by atoms with E-state index in [1.54, 1.807) is 0 Å². The van der Waals surface area contributed by atoms with Crippen molar-refractivity contribution in [3.8, 4) is 0 Å². The van der Waals surface area contributed by atoms with Gasteiger partial charge in [-0.3, -0.25) is 0 Å². The number of nitrogens with zero attached hydrogens (tertiary/aromatic N) is 1. The number of aromatic nitrogens is 1. The molecule has 0 aliphatic rings. The van der Waals surface area contributed by atoms with Gasteiger partial charge in [0.1, 0.15) is 11.2 Å². The van der Waals surface area contributed by atoms with E-state index in [1.807, 2.05) is 12.1 Å². The van der Waals surface area contributed by atoms with Crippen LogP contribution in [0.15, 0.2) is 93.8 Å². The van der Waals surface area contributed by atoms with Crippen molar-refractivity contribution in [1.29, 1.82) is 0 Å². The average Bonchev–Trinajstić information content (AvgIpc) is 3.34. The van der Waals surface area contributed by atoms with E-state index < -0.39 is 0 Å². The second-order valence-corrected chi connectivity index (χ2v) is 9.13. The molecule has 2 nitrogen and oxygen atoms in total. The first-order valence-corrected chi connectivity index (χ1v) is 11.2. The summed E-state index contributed by atoms with van der Waals surface area (Å²) in [5.74, 6) is 0. The molecule has 0 atom stereocenters. The summed E-state index contributed by atoms with van der Waals surface area (Å²) >= 11 is 3.87. The lowest BCUT2D eigenvalue weighted by Crippen LogP contribution is -1.92. The Morgan fingerprint density at radius 3 is 2.29 bits per heavy atom. The average molecular weight is 460 g/mol. The normalized spacial score (nSPS) is 12.7. The maximum absolute atomic E-state index is 6.48. The maximum atomic E-state index is 6.48. The van der Waals surface area contributed by atoms with Gasteiger partial charge in [0.2, 0.25) is 0 Å². The summed E-state index contributed by atoms with van der Waals surface area (Å²) in [5.41, 5.74) is 5.52. The smallest absolute Gasteiger partial charge is 0.146 e. The summed E-state index contributed by atoms with van der Waals surface area (Å²) in [6.45, 7) is 0. The molecule has 3 heterocycles. The third-order valence-electron chi connectivity index (χ3n) is 6.76. The molecule has 0 fully saturated rings. The van der Waals surface area contributed by atoms with Crippen LogP contribution in [0.4, 0.5) is 0 Å². The summed E-state index contributed by atoms with van der Waals surface area (Å²) in [5, 5.41) is 9.84. The fourth-order valence-corrected chi connectivity index (χ4v) is 6.19. The minimum Gasteiger partial charge on any atom is -0.455 e. The minimum absolute atomic E-state index is 0.919. The van der Waals surface area contributed by atoms with Crippen molar-refractivity contribution in [3.05, 3.63) is 89.4 Å². The summed E-state index contributed by atoms with van der Waals surface area (Å²) < 4.78 is 9.96. The van der Waals surface area contributed by atoms with Crippen molar-refractivity contribution in [3.63, 3.8) is 0 Å². The molecule has 8 aromatic rings. The topological polar surface area (TPSA) is 17.6 Å². The first-order chi connectivity index (χ1) is 15.3. The van der Waals surface area contributed by atoms with E-state index in [1.165, 1.54) is 48.9 Å². The molecular formula is C28H14BrNO. The lowest BCUT2D eigenvalue weighted by Gasteiger charge is -2.12. The minimum atomic E-state index is 0.919. The van der Waals surface area contributed by atoms with Gasteiger partial charge in [-0.25, -0.2) is 0 Å². The quantitative estimate of drug-likeness (QED) is 0.164. The van der Waals surface area contributed by atoms with Gasteiger partial charge in [-0.15, -0.1) is 0 Å². The van der Waals surface area contributed by atoms with Crippen LogP contribution in [0.3, 0.4) is 0 Å². The van der Waals surface area contributed by atoms with Crippen LogP contribution in [0.2, 0.25) is 0 Å². The van der Waals surface area contributed by atoms with Gasteiger partial charge in [-0.2, -0.15) is 0 Å². The molecule has 3 aromatic heterocycles. The van der Waals surface area contributed by atoms with Crippen LogP contribution in [0.1, 0.15) is 0 Å². The zero-order valence-electron chi connectivity index (χ0n) is 16.3. The Morgan fingerprint density at radius 2 is 1.35 bits per heavy atom. The highest BCUT2D eigenvalue weighted by atomic mass is 79.9. The molecule has 0 aliphatic heterocycles. The highest BCUT2D eigenvalue weighted by molar-refractivity contribution is 9.10. The van der Waals surface area contributed by atoms with E-state index in [9.17, 15) is 0 Å². The van der Waals surface area contributed by atoms with Crippen LogP contribution < -0.4 is 0 Å². The highest BCUT2D eigenvalue weighted by Crippen LogP contribution is 2.46. The molecule has 0 N–H and O–H groups in total. The van der Waals surface area contributed by atoms with E-state index in [2.05, 4.69) is 93.1 Å². The Bertz CT molecular complexity index is 2000. The Balaban J connectivity index is 1.80. The molecule has 8 rings (SSSR count). The zero-order valence-corrected chi connectivity index (χ0v) is 17.9. The van der Waals surface area contributed by atoms with Gasteiger partial charge >= 0.3 is 0 Å². The van der Waals surface area contributed by atoms with Crippen molar-refractivity contribution >= 4 is 86.7 Å². The molecule has 3 heteroatoms. The monoisotopic (exact) mass is 459 g/mol. The molecular weight excluding hydrogens is 446 g/mol. The Kier molecular flexibility index (Phi) is 2.80. The van der Waals surface area contributed by atoms with Crippen LogP contribution in [-0.2, 0) is 0 Å². The predicted octanol–water partition coefficient (Wildman–Crippen LogP) is 8.65. The molecule has 144 valence electrons. The summed E-state index contributed by atoms with van der Waals surface area (Å²) in [7, 11) is 0. The predicted molar refractivity (Wildman–Crippen MR) is 134 cm³/mol. The van der Waals surface area contributed by atoms with Gasteiger partial charge in [0, 0.05) is 31.4 Å². The number of pyridine rings is 1. The van der Waals surface area contributed by atoms with E-state index in [4.69, 9.17) is 4.42 Å². The van der Waals surface area contributed by atoms with Crippen LogP contribution in [0.5, 0.6) is 0 Å². The first kappa shape index (κ1) is 16.2. The molecule has 0 bridgehead atoms. The Morgan fingerprint density at radius 1 is 0.613 bits per heavy atom. The third kappa shape index (κ3) is 1.81. The number of para-hydroxylation sites is 2. The van der Waals surface area contributed by atoms with Crippen molar-refractivity contribution in [2.24, 2.45) is 0 Å². The summed E-state index contributed by atoms with van der Waals surface area (Å²) in [6.07, 6.45) is 0. The van der Waals surface area contributed by atoms with E-state index in [0.29, 0.717) is 0 Å². The Hall–Kier alpha value is -3.56. The molecule has 5 aromatic carbocycles. The number of hydrogen-bond donors (Lipinski definition) is 0. The maximum Gasteiger partial charge on any atom is 0.146 e. The lowest BCUT2D eigenvalue weighted by atomic mass is 9.99. The van der Waals surface area contributed by atoms with Gasteiger partial charge < -0.3 is 8.82 Å². The van der Waals surface area contributed by atoms with Gasteiger partial charge in [0.05, 0.1) is 21.9 Å². The number of fused-ring (bicyclic) bond motifs is 9. The number of furan rings is 1. The first-order valence-electron chi connectivity index (χ1n) is 10.4. The van der Waals surface area contributed by atoms with Gasteiger partial charge in [0.15, 0.2) is 0 Å². The van der Waals surface area contributed by atoms with Crippen molar-refractivity contribution in [1.82, 2.24) is 4.40 Å². The summed E-state index contributed by atoms with van der Waals surface area (Å²) in [4.78, 5) is 0. The number of hydrogen-bond acceptors (Lipinski definition) is 1. The molecule has 0 aliphatic carbocycles. The molecule has 0 spiro atoms. The second-order valence-electron chi connectivity index (χ2n) is 8.27. The van der Waals surface area contributed by atoms with E-state index in [0.717, 1.165) is 26.4 Å². The van der Waals surface area contributed by atoms with Crippen molar-refractivity contribution in [2.45, 2.75) is 0 Å². The molecule has 0 saturated heterocycles. The van der Waals surface area contributed by atoms with E-state index >= 15 is 0 Å². The van der Waals surface area contributed by atoms with Gasteiger partial charge in [-0.1, -0.05) is 66.7 Å². The zero-order chi connectivity index (χ0) is 20.3. The second kappa shape index (κ2) is 5.37. The van der Waals surface area contributed by atoms with Crippen LogP contribution in [0.25, 0.3) is 70.8 Å². The van der Waals surface area contributed by atoms with Gasteiger partial charge in [-0.05, 0) is 44.9 Å². The number of benzene rings is 5. The largest absolute Gasteiger partial charge is 0.455 e. The third-order valence-corrected chi connectivity index (χ3v) is 7.39. The van der Waals surface area contributed by atoms with Crippen molar-refractivity contribution in [2.75, 3.05) is 0 Å². The van der Waals surface area contributed by atoms with Gasteiger partial charge in [0.25, 0.3) is 0 Å². The molecule has 0 radical (unpaired) electrons. The molecule has 0 unspecified atom stereocenters. The fourth-order valence-electron chi connectivity index (χ4n) is 5.58. The van der Waals surface area contributed by atoms with Crippen LogP contribution in [0, 0.1) is 0 Å². The molecule has 0 saturated carbocycles. The number of rotatable bonds is 0. The van der Waals surface area contributed by atoms with Crippen LogP contribution >= 0.6 is 15.9 Å². The highest BCUT2D eigenvalue weighted by Gasteiger charge is 2.22. The lowest BCUT2D eigenvalue weighted by molar-refractivity contribution is 0.673. The Labute approximate surface area is 184 Å². The van der Waals surface area contributed by atoms with Crippen molar-refractivity contribution < 1.29 is 4.42 Å². The SMILES string of the molecule is Brc1cc2c(c3cccc4c5cccc6cccc(c65)n2c43)c2oc3ccccc3c12. The number of halogens is 1. The fraction of sp³-hybridized carbons (Fsp3) is 0. The molecule has 0 amide bonds.